The van der Waals surface area contributed by atoms with Gasteiger partial charge in [-0.1, -0.05) is 58.5 Å². The van der Waals surface area contributed by atoms with Gasteiger partial charge < -0.3 is 5.11 Å². The van der Waals surface area contributed by atoms with Crippen molar-refractivity contribution < 1.29 is 5.11 Å². The average molecular weight is 368 g/mol. The highest BCUT2D eigenvalue weighted by molar-refractivity contribution is 14.1. The minimum absolute atomic E-state index is 0.330. The zero-order valence-corrected chi connectivity index (χ0v) is 10.5. The molecule has 0 aromatic carbocycles. The highest BCUT2D eigenvalue weighted by Gasteiger charge is 2.02. The maximum absolute atomic E-state index is 8.69. The maximum Gasteiger partial charge on any atom is 0.0548 e. The van der Waals surface area contributed by atoms with Crippen molar-refractivity contribution in [3.8, 4) is 0 Å². The fraction of sp³-hybridized carbons (Fsp3) is 1.00. The second kappa shape index (κ2) is 7.09. The number of hydrogen-bond donors (Lipinski definition) is 1. The van der Waals surface area contributed by atoms with Crippen LogP contribution in [-0.4, -0.2) is 19.6 Å². The first-order chi connectivity index (χ1) is 4.66. The standard InChI is InChI=1S/C7H14I2O/c1-6(8)3-2-4-7(9)5-10/h6-7,10H,2-5H2,1H3. The predicted octanol–water partition coefficient (Wildman–Crippen LogP) is 2.78. The number of aliphatic hydroxyl groups is 1. The molecule has 0 spiro atoms. The maximum atomic E-state index is 8.69. The molecule has 0 aromatic rings. The van der Waals surface area contributed by atoms with E-state index in [0.717, 1.165) is 10.3 Å². The molecule has 10 heavy (non-hydrogen) atoms. The second-order valence-corrected chi connectivity index (χ2v) is 6.38. The molecular weight excluding hydrogens is 354 g/mol. The smallest absolute Gasteiger partial charge is 0.0548 e. The summed E-state index contributed by atoms with van der Waals surface area (Å²) in [5, 5.41) is 8.69. The molecule has 0 rings (SSSR count). The van der Waals surface area contributed by atoms with Gasteiger partial charge in [-0.2, -0.15) is 0 Å². The zero-order valence-electron chi connectivity index (χ0n) is 6.19. The lowest BCUT2D eigenvalue weighted by Gasteiger charge is -2.06. The molecule has 0 amide bonds. The number of hydrogen-bond acceptors (Lipinski definition) is 1. The molecule has 0 heterocycles. The van der Waals surface area contributed by atoms with E-state index in [2.05, 4.69) is 52.1 Å². The number of rotatable bonds is 5. The summed E-state index contributed by atoms with van der Waals surface area (Å²) in [5.41, 5.74) is 0. The van der Waals surface area contributed by atoms with Gasteiger partial charge >= 0.3 is 0 Å². The lowest BCUT2D eigenvalue weighted by molar-refractivity contribution is 0.293. The van der Waals surface area contributed by atoms with Crippen LogP contribution in [-0.2, 0) is 0 Å². The van der Waals surface area contributed by atoms with Gasteiger partial charge in [0, 0.05) is 7.85 Å². The molecule has 0 bridgehead atoms. The molecule has 1 nitrogen and oxygen atoms in total. The highest BCUT2D eigenvalue weighted by Crippen LogP contribution is 2.14. The fourth-order valence-electron chi connectivity index (χ4n) is 0.712. The normalized spacial score (nSPS) is 16.8. The van der Waals surface area contributed by atoms with E-state index in [1.807, 2.05) is 0 Å². The van der Waals surface area contributed by atoms with Crippen LogP contribution in [0.2, 0.25) is 0 Å². The Morgan fingerprint density at radius 2 is 1.90 bits per heavy atom. The van der Waals surface area contributed by atoms with Gasteiger partial charge in [0.25, 0.3) is 0 Å². The van der Waals surface area contributed by atoms with Crippen LogP contribution in [0.5, 0.6) is 0 Å². The van der Waals surface area contributed by atoms with Gasteiger partial charge in [0.2, 0.25) is 0 Å². The zero-order chi connectivity index (χ0) is 7.98. The molecule has 0 saturated carbocycles. The number of alkyl halides is 2. The van der Waals surface area contributed by atoms with Crippen LogP contribution in [0.1, 0.15) is 26.2 Å². The van der Waals surface area contributed by atoms with E-state index >= 15 is 0 Å². The van der Waals surface area contributed by atoms with Crippen LogP contribution in [0.4, 0.5) is 0 Å². The van der Waals surface area contributed by atoms with E-state index in [-0.39, 0.29) is 0 Å². The van der Waals surface area contributed by atoms with Crippen molar-refractivity contribution >= 4 is 45.2 Å². The van der Waals surface area contributed by atoms with Gasteiger partial charge in [-0.3, -0.25) is 0 Å². The van der Waals surface area contributed by atoms with Crippen molar-refractivity contribution in [3.05, 3.63) is 0 Å². The SMILES string of the molecule is CC(I)CCCC(I)CO. The van der Waals surface area contributed by atoms with Crippen molar-refractivity contribution in [3.63, 3.8) is 0 Å². The third-order valence-electron chi connectivity index (χ3n) is 1.32. The Kier molecular flexibility index (Phi) is 8.10. The monoisotopic (exact) mass is 368 g/mol. The molecule has 1 N–H and O–H groups in total. The summed E-state index contributed by atoms with van der Waals surface area (Å²) in [6, 6.07) is 0. The van der Waals surface area contributed by atoms with Gasteiger partial charge in [-0.05, 0) is 12.8 Å². The van der Waals surface area contributed by atoms with Crippen LogP contribution < -0.4 is 0 Å². The van der Waals surface area contributed by atoms with E-state index in [9.17, 15) is 0 Å². The second-order valence-electron chi connectivity index (χ2n) is 2.49. The molecule has 0 saturated heterocycles. The fourth-order valence-corrected chi connectivity index (χ4v) is 1.59. The van der Waals surface area contributed by atoms with Gasteiger partial charge in [0.05, 0.1) is 6.61 Å². The molecule has 3 heteroatoms. The first-order valence-electron chi connectivity index (χ1n) is 3.55. The van der Waals surface area contributed by atoms with Gasteiger partial charge in [0.1, 0.15) is 0 Å². The number of aliphatic hydroxyl groups excluding tert-OH is 1. The predicted molar refractivity (Wildman–Crippen MR) is 62.2 cm³/mol. The summed E-state index contributed by atoms with van der Waals surface area (Å²) in [5.74, 6) is 0. The summed E-state index contributed by atoms with van der Waals surface area (Å²) in [7, 11) is 0. The van der Waals surface area contributed by atoms with Crippen LogP contribution in [0.3, 0.4) is 0 Å². The third-order valence-corrected chi connectivity index (χ3v) is 2.96. The van der Waals surface area contributed by atoms with E-state index in [0.29, 0.717) is 10.5 Å². The van der Waals surface area contributed by atoms with Gasteiger partial charge in [-0.25, -0.2) is 0 Å². The topological polar surface area (TPSA) is 20.2 Å². The summed E-state index contributed by atoms with van der Waals surface area (Å²) < 4.78 is 1.24. The Hall–Kier alpha value is 1.42. The van der Waals surface area contributed by atoms with Crippen molar-refractivity contribution in [2.45, 2.75) is 34.0 Å². The van der Waals surface area contributed by atoms with Crippen LogP contribution in [0.25, 0.3) is 0 Å². The van der Waals surface area contributed by atoms with Crippen LogP contribution in [0, 0.1) is 0 Å². The summed E-state index contributed by atoms with van der Waals surface area (Å²) in [4.78, 5) is 0. The summed E-state index contributed by atoms with van der Waals surface area (Å²) in [6.45, 7) is 2.55. The first-order valence-corrected chi connectivity index (χ1v) is 6.05. The molecule has 0 aliphatic rings. The molecule has 0 aliphatic heterocycles. The summed E-state index contributed by atoms with van der Waals surface area (Å²) >= 11 is 4.74. The third kappa shape index (κ3) is 7.53. The molecule has 0 aliphatic carbocycles. The lowest BCUT2D eigenvalue weighted by Crippen LogP contribution is -2.03. The van der Waals surface area contributed by atoms with E-state index in [1.54, 1.807) is 0 Å². The first kappa shape index (κ1) is 11.4. The van der Waals surface area contributed by atoms with E-state index in [1.165, 1.54) is 12.8 Å². The highest BCUT2D eigenvalue weighted by atomic mass is 127. The van der Waals surface area contributed by atoms with Crippen molar-refractivity contribution in [1.29, 1.82) is 0 Å². The van der Waals surface area contributed by atoms with E-state index < -0.39 is 0 Å². The molecular formula is C7H14I2O. The Morgan fingerprint density at radius 3 is 2.30 bits per heavy atom. The number of halogens is 2. The minimum Gasteiger partial charge on any atom is -0.395 e. The van der Waals surface area contributed by atoms with Crippen molar-refractivity contribution in [2.75, 3.05) is 6.61 Å². The minimum atomic E-state index is 0.330. The Bertz CT molecular complexity index is 76.0. The quantitative estimate of drug-likeness (QED) is 0.585. The Morgan fingerprint density at radius 1 is 1.30 bits per heavy atom. The van der Waals surface area contributed by atoms with Gasteiger partial charge in [-0.15, -0.1) is 0 Å². The van der Waals surface area contributed by atoms with Crippen molar-refractivity contribution in [1.82, 2.24) is 0 Å². The van der Waals surface area contributed by atoms with Crippen molar-refractivity contribution in [2.24, 2.45) is 0 Å². The van der Waals surface area contributed by atoms with E-state index in [4.69, 9.17) is 5.11 Å². The molecule has 0 radical (unpaired) electrons. The van der Waals surface area contributed by atoms with Crippen LogP contribution in [0.15, 0.2) is 0 Å². The average Bonchev–Trinajstić information content (AvgIpc) is 1.87. The molecule has 2 atom stereocenters. The molecule has 62 valence electrons. The van der Waals surface area contributed by atoms with Crippen LogP contribution >= 0.6 is 45.2 Å². The molecule has 0 aromatic heterocycles. The largest absolute Gasteiger partial charge is 0.395 e. The summed E-state index contributed by atoms with van der Waals surface area (Å²) in [6.07, 6.45) is 3.68. The Labute approximate surface area is 90.2 Å². The Balaban J connectivity index is 3.03. The molecule has 0 fully saturated rings. The molecule has 2 unspecified atom stereocenters. The lowest BCUT2D eigenvalue weighted by atomic mass is 10.2. The van der Waals surface area contributed by atoms with Gasteiger partial charge in [0.15, 0.2) is 0 Å².